The van der Waals surface area contributed by atoms with Crippen LogP contribution in [0.15, 0.2) is 61.2 Å². The number of aromatic nitrogens is 6. The smallest absolute Gasteiger partial charge is 0.419 e. The molecule has 9 nitrogen and oxygen atoms in total. The first-order chi connectivity index (χ1) is 16.8. The average molecular weight is 470 g/mol. The van der Waals surface area contributed by atoms with Crippen LogP contribution in [0.25, 0.3) is 33.4 Å². The van der Waals surface area contributed by atoms with E-state index in [4.69, 9.17) is 4.74 Å². The molecule has 0 saturated carbocycles. The SMILES string of the molecule is Cc1ncc(-c2ccc(Nc3cc4c(cn3)cc(-c3cnn(C)c3)n4C(=O)OC(C)C)cc2)n1C. The van der Waals surface area contributed by atoms with E-state index < -0.39 is 6.09 Å². The van der Waals surface area contributed by atoms with Crippen LogP contribution >= 0.6 is 0 Å². The van der Waals surface area contributed by atoms with E-state index in [0.717, 1.165) is 33.7 Å². The Kier molecular flexibility index (Phi) is 5.60. The van der Waals surface area contributed by atoms with Crippen molar-refractivity contribution in [2.45, 2.75) is 26.9 Å². The number of nitrogens with one attached hydrogen (secondary N) is 1. The molecule has 0 fully saturated rings. The molecule has 0 saturated heterocycles. The van der Waals surface area contributed by atoms with Gasteiger partial charge in [-0.05, 0) is 44.5 Å². The Morgan fingerprint density at radius 2 is 1.74 bits per heavy atom. The van der Waals surface area contributed by atoms with Crippen LogP contribution in [0.2, 0.25) is 0 Å². The Balaban J connectivity index is 1.50. The van der Waals surface area contributed by atoms with Gasteiger partial charge in [0, 0.05) is 49.2 Å². The number of carbonyl (C=O) groups is 1. The van der Waals surface area contributed by atoms with Crippen molar-refractivity contribution in [1.29, 1.82) is 0 Å². The molecule has 0 aliphatic rings. The van der Waals surface area contributed by atoms with Crippen molar-refractivity contribution in [2.24, 2.45) is 14.1 Å². The first kappa shape index (κ1) is 22.4. The van der Waals surface area contributed by atoms with Gasteiger partial charge in [-0.25, -0.2) is 19.3 Å². The van der Waals surface area contributed by atoms with E-state index in [1.807, 2.05) is 83.7 Å². The zero-order chi connectivity index (χ0) is 24.7. The van der Waals surface area contributed by atoms with Gasteiger partial charge >= 0.3 is 6.09 Å². The molecule has 0 unspecified atom stereocenters. The van der Waals surface area contributed by atoms with Crippen molar-refractivity contribution in [3.63, 3.8) is 0 Å². The number of hydrogen-bond donors (Lipinski definition) is 1. The summed E-state index contributed by atoms with van der Waals surface area (Å²) in [5, 5.41) is 8.42. The molecule has 0 amide bonds. The third-order valence-corrected chi connectivity index (χ3v) is 5.88. The Bertz CT molecular complexity index is 1520. The summed E-state index contributed by atoms with van der Waals surface area (Å²) in [5.41, 5.74) is 5.24. The predicted molar refractivity (Wildman–Crippen MR) is 136 cm³/mol. The number of ether oxygens (including phenoxy) is 1. The molecule has 5 rings (SSSR count). The molecule has 0 aliphatic heterocycles. The molecular weight excluding hydrogens is 442 g/mol. The van der Waals surface area contributed by atoms with Gasteiger partial charge in [0.1, 0.15) is 11.6 Å². The molecule has 178 valence electrons. The summed E-state index contributed by atoms with van der Waals surface area (Å²) in [6.07, 6.45) is 6.53. The second-order valence-electron chi connectivity index (χ2n) is 8.78. The van der Waals surface area contributed by atoms with Gasteiger partial charge in [0.15, 0.2) is 0 Å². The molecule has 0 atom stereocenters. The summed E-state index contributed by atoms with van der Waals surface area (Å²) in [5.74, 6) is 1.58. The summed E-state index contributed by atoms with van der Waals surface area (Å²) in [4.78, 5) is 22.0. The highest BCUT2D eigenvalue weighted by Gasteiger charge is 2.20. The molecule has 5 aromatic rings. The molecule has 0 radical (unpaired) electrons. The lowest BCUT2D eigenvalue weighted by Crippen LogP contribution is -2.18. The van der Waals surface area contributed by atoms with Crippen LogP contribution in [-0.2, 0) is 18.8 Å². The minimum Gasteiger partial charge on any atom is -0.446 e. The number of rotatable bonds is 5. The minimum atomic E-state index is -0.443. The first-order valence-electron chi connectivity index (χ1n) is 11.4. The average Bonchev–Trinajstić information content (AvgIpc) is 3.51. The molecule has 4 heterocycles. The summed E-state index contributed by atoms with van der Waals surface area (Å²) >= 11 is 0. The van der Waals surface area contributed by atoms with Gasteiger partial charge in [0.25, 0.3) is 0 Å². The number of nitrogens with zero attached hydrogens (tertiary/aromatic N) is 6. The van der Waals surface area contributed by atoms with Gasteiger partial charge in [0.2, 0.25) is 0 Å². The third-order valence-electron chi connectivity index (χ3n) is 5.88. The van der Waals surface area contributed by atoms with Gasteiger partial charge in [-0.15, -0.1) is 0 Å². The molecule has 0 aliphatic carbocycles. The number of hydrogen-bond acceptors (Lipinski definition) is 6. The van der Waals surface area contributed by atoms with Gasteiger partial charge in [-0.2, -0.15) is 5.10 Å². The molecule has 0 spiro atoms. The Morgan fingerprint density at radius 1 is 0.971 bits per heavy atom. The van der Waals surface area contributed by atoms with Crippen molar-refractivity contribution < 1.29 is 9.53 Å². The largest absolute Gasteiger partial charge is 0.446 e. The van der Waals surface area contributed by atoms with E-state index in [2.05, 4.69) is 25.0 Å². The van der Waals surface area contributed by atoms with Gasteiger partial charge < -0.3 is 14.6 Å². The van der Waals surface area contributed by atoms with E-state index in [1.165, 1.54) is 0 Å². The molecule has 1 aromatic carbocycles. The van der Waals surface area contributed by atoms with E-state index in [-0.39, 0.29) is 6.10 Å². The first-order valence-corrected chi connectivity index (χ1v) is 11.4. The summed E-state index contributed by atoms with van der Waals surface area (Å²) in [6.45, 7) is 5.64. The number of carbonyl (C=O) groups excluding carboxylic acids is 1. The van der Waals surface area contributed by atoms with Crippen molar-refractivity contribution in [3.05, 3.63) is 67.0 Å². The second-order valence-corrected chi connectivity index (χ2v) is 8.78. The van der Waals surface area contributed by atoms with E-state index >= 15 is 0 Å². The zero-order valence-electron chi connectivity index (χ0n) is 20.4. The maximum atomic E-state index is 13.1. The van der Waals surface area contributed by atoms with Crippen LogP contribution in [-0.4, -0.2) is 41.1 Å². The molecular formula is C26H27N7O2. The fourth-order valence-corrected chi connectivity index (χ4v) is 4.03. The number of aryl methyl sites for hydroxylation is 2. The van der Waals surface area contributed by atoms with Gasteiger partial charge in [0.05, 0.1) is 35.4 Å². The summed E-state index contributed by atoms with van der Waals surface area (Å²) in [6, 6.07) is 11.9. The Morgan fingerprint density at radius 3 is 2.37 bits per heavy atom. The number of anilines is 2. The predicted octanol–water partition coefficient (Wildman–Crippen LogP) is 5.28. The lowest BCUT2D eigenvalue weighted by atomic mass is 10.1. The fraction of sp³-hybridized carbons (Fsp3) is 0.231. The fourth-order valence-electron chi connectivity index (χ4n) is 4.03. The Hall–Kier alpha value is -4.40. The van der Waals surface area contributed by atoms with Crippen molar-refractivity contribution >= 4 is 28.5 Å². The number of benzene rings is 1. The third kappa shape index (κ3) is 4.28. The van der Waals surface area contributed by atoms with Crippen LogP contribution in [0.5, 0.6) is 0 Å². The van der Waals surface area contributed by atoms with Crippen LogP contribution < -0.4 is 5.32 Å². The minimum absolute atomic E-state index is 0.247. The molecule has 4 aromatic heterocycles. The van der Waals surface area contributed by atoms with Gasteiger partial charge in [-0.1, -0.05) is 12.1 Å². The normalized spacial score (nSPS) is 11.4. The standard InChI is InChI=1S/C26H27N7O2/c1-16(2)35-26(34)33-22(20-13-29-31(4)15-20)10-19-12-28-25(11-23(19)33)30-21-8-6-18(7-9-21)24-14-27-17(3)32(24)5/h6-16H,1-5H3,(H,28,30). The zero-order valence-corrected chi connectivity index (χ0v) is 20.4. The quantitative estimate of drug-likeness (QED) is 0.376. The molecule has 9 heteroatoms. The maximum absolute atomic E-state index is 13.1. The summed E-state index contributed by atoms with van der Waals surface area (Å²) < 4.78 is 10.9. The van der Waals surface area contributed by atoms with Crippen LogP contribution in [0, 0.1) is 6.92 Å². The topological polar surface area (TPSA) is 91.8 Å². The monoisotopic (exact) mass is 469 g/mol. The highest BCUT2D eigenvalue weighted by molar-refractivity contribution is 5.96. The highest BCUT2D eigenvalue weighted by atomic mass is 16.6. The van der Waals surface area contributed by atoms with Crippen molar-refractivity contribution in [1.82, 2.24) is 28.9 Å². The summed E-state index contributed by atoms with van der Waals surface area (Å²) in [7, 11) is 3.84. The van der Waals surface area contributed by atoms with Crippen LogP contribution in [0.1, 0.15) is 19.7 Å². The van der Waals surface area contributed by atoms with Crippen LogP contribution in [0.3, 0.4) is 0 Å². The Labute approximate surface area is 203 Å². The number of pyridine rings is 1. The lowest BCUT2D eigenvalue weighted by molar-refractivity contribution is 0.118. The molecule has 0 bridgehead atoms. The van der Waals surface area contributed by atoms with Crippen LogP contribution in [0.4, 0.5) is 16.3 Å². The molecule has 35 heavy (non-hydrogen) atoms. The second kappa shape index (κ2) is 8.75. The molecule has 1 N–H and O–H groups in total. The van der Waals surface area contributed by atoms with E-state index in [0.29, 0.717) is 17.0 Å². The van der Waals surface area contributed by atoms with E-state index in [9.17, 15) is 4.79 Å². The maximum Gasteiger partial charge on any atom is 0.419 e. The van der Waals surface area contributed by atoms with E-state index in [1.54, 1.807) is 21.6 Å². The number of fused-ring (bicyclic) bond motifs is 1. The van der Waals surface area contributed by atoms with Crippen molar-refractivity contribution in [3.8, 4) is 22.5 Å². The lowest BCUT2D eigenvalue weighted by Gasteiger charge is -2.12. The van der Waals surface area contributed by atoms with Gasteiger partial charge in [-0.3, -0.25) is 4.68 Å². The van der Waals surface area contributed by atoms with Crippen molar-refractivity contribution in [2.75, 3.05) is 5.32 Å². The number of imidazole rings is 1. The highest BCUT2D eigenvalue weighted by Crippen LogP contribution is 2.30.